The molecule has 6 nitrogen and oxygen atoms in total. The molecule has 0 saturated carbocycles. The van der Waals surface area contributed by atoms with Crippen LogP contribution in [0.1, 0.15) is 52.7 Å². The molecule has 0 aliphatic rings. The van der Waals surface area contributed by atoms with E-state index in [1.807, 2.05) is 31.2 Å². The van der Waals surface area contributed by atoms with E-state index >= 15 is 0 Å². The average molecular weight is 594 g/mol. The smallest absolute Gasteiger partial charge is 0.303 e. The molecule has 0 aliphatic heterocycles. The number of halogens is 3. The molecule has 0 bridgehead atoms. The molecule has 0 amide bonds. The summed E-state index contributed by atoms with van der Waals surface area (Å²) in [5, 5.41) is 0.261. The Hall–Kier alpha value is -1.67. The summed E-state index contributed by atoms with van der Waals surface area (Å²) in [4.78, 5) is 11.2. The van der Waals surface area contributed by atoms with Crippen LogP contribution in [0, 0.1) is 5.92 Å². The highest BCUT2D eigenvalue weighted by Crippen LogP contribution is 2.40. The minimum absolute atomic E-state index is 0.0226. The fraction of sp³-hybridized carbons (Fsp3) is 0.519. The van der Waals surface area contributed by atoms with Crippen molar-refractivity contribution in [2.75, 3.05) is 24.8 Å². The van der Waals surface area contributed by atoms with Crippen LogP contribution in [0.25, 0.3) is 0 Å². The molecule has 2 aromatic rings. The summed E-state index contributed by atoms with van der Waals surface area (Å²) in [7, 11) is -3.12. The van der Waals surface area contributed by atoms with Gasteiger partial charge in [-0.25, -0.2) is 8.42 Å². The molecule has 2 rings (SSSR count). The van der Waals surface area contributed by atoms with Gasteiger partial charge in [0.2, 0.25) is 0 Å². The molecule has 206 valence electrons. The Balaban J connectivity index is 2.11. The number of benzene rings is 2. The minimum atomic E-state index is -3.12. The number of hydrogen-bond acceptors (Lipinski definition) is 6. The molecule has 0 saturated heterocycles. The van der Waals surface area contributed by atoms with Crippen molar-refractivity contribution in [3.05, 3.63) is 57.6 Å². The first kappa shape index (κ1) is 31.5. The molecule has 2 atom stereocenters. The van der Waals surface area contributed by atoms with E-state index in [4.69, 9.17) is 49.0 Å². The predicted molar refractivity (Wildman–Crippen MR) is 150 cm³/mol. The Morgan fingerprint density at radius 1 is 0.946 bits per heavy atom. The minimum Gasteiger partial charge on any atom is -0.493 e. The van der Waals surface area contributed by atoms with E-state index < -0.39 is 32.6 Å². The fourth-order valence-corrected chi connectivity index (χ4v) is 5.61. The zero-order valence-electron chi connectivity index (χ0n) is 22.0. The molecule has 0 N–H and O–H groups in total. The zero-order valence-corrected chi connectivity index (χ0v) is 25.1. The molecule has 37 heavy (non-hydrogen) atoms. The van der Waals surface area contributed by atoms with Crippen LogP contribution in [0.2, 0.25) is 10.0 Å². The highest BCUT2D eigenvalue weighted by molar-refractivity contribution is 7.91. The fourth-order valence-electron chi connectivity index (χ4n) is 3.59. The molecule has 0 radical (unpaired) electrons. The standard InChI is InChI=1S/C27H35Cl3O6S/c1-17(2)37(32,33)16-18(3)14-34-22-9-7-20(8-10-22)27(5,6)21-11-24(29)26(25(30)12-21)35-15-23(13-28)36-19(4)31/h7-12,17-18,23H,13-16H2,1-6H3/t18-,23+/m0/s1. The number of carbonyl (C=O) groups excluding carboxylic acids is 1. The number of ether oxygens (including phenoxy) is 3. The monoisotopic (exact) mass is 592 g/mol. The van der Waals surface area contributed by atoms with Gasteiger partial charge in [-0.1, -0.05) is 56.1 Å². The Kier molecular flexibility index (Phi) is 11.4. The lowest BCUT2D eigenvalue weighted by Crippen LogP contribution is -2.26. The Bertz CT molecular complexity index is 1140. The van der Waals surface area contributed by atoms with Crippen molar-refractivity contribution in [3.8, 4) is 11.5 Å². The van der Waals surface area contributed by atoms with Crippen LogP contribution >= 0.6 is 34.8 Å². The van der Waals surface area contributed by atoms with Crippen molar-refractivity contribution < 1.29 is 27.4 Å². The average Bonchev–Trinajstić information content (AvgIpc) is 2.80. The van der Waals surface area contributed by atoms with Gasteiger partial charge in [0.15, 0.2) is 15.6 Å². The van der Waals surface area contributed by atoms with Crippen LogP contribution in [0.4, 0.5) is 0 Å². The number of carbonyl (C=O) groups is 1. The topological polar surface area (TPSA) is 78.9 Å². The molecule has 0 spiro atoms. The maximum Gasteiger partial charge on any atom is 0.303 e. The first-order valence-electron chi connectivity index (χ1n) is 12.0. The molecule has 0 aromatic heterocycles. The first-order chi connectivity index (χ1) is 17.2. The lowest BCUT2D eigenvalue weighted by Gasteiger charge is -2.27. The molecule has 2 aromatic carbocycles. The summed E-state index contributed by atoms with van der Waals surface area (Å²) in [6.45, 7) is 11.0. The van der Waals surface area contributed by atoms with Crippen molar-refractivity contribution in [3.63, 3.8) is 0 Å². The molecule has 0 aliphatic carbocycles. The summed E-state index contributed by atoms with van der Waals surface area (Å²) in [6, 6.07) is 11.2. The van der Waals surface area contributed by atoms with Crippen LogP contribution in [-0.4, -0.2) is 50.6 Å². The molecule has 0 heterocycles. The van der Waals surface area contributed by atoms with E-state index in [0.717, 1.165) is 11.1 Å². The number of alkyl halides is 1. The van der Waals surface area contributed by atoms with Gasteiger partial charge in [0.1, 0.15) is 18.5 Å². The van der Waals surface area contributed by atoms with E-state index in [0.29, 0.717) is 28.2 Å². The number of rotatable bonds is 13. The van der Waals surface area contributed by atoms with E-state index in [1.165, 1.54) is 6.92 Å². The quantitative estimate of drug-likeness (QED) is 0.190. The Morgan fingerprint density at radius 2 is 1.51 bits per heavy atom. The SMILES string of the molecule is CC(=O)O[C@H](CCl)COc1c(Cl)cc(C(C)(C)c2ccc(OC[C@H](C)CS(=O)(=O)C(C)C)cc2)cc1Cl. The maximum absolute atomic E-state index is 12.1. The van der Waals surface area contributed by atoms with Gasteiger partial charge in [0.25, 0.3) is 0 Å². The third kappa shape index (κ3) is 8.95. The van der Waals surface area contributed by atoms with Crippen LogP contribution in [-0.2, 0) is 24.8 Å². The van der Waals surface area contributed by atoms with Crippen LogP contribution in [0.5, 0.6) is 11.5 Å². The van der Waals surface area contributed by atoms with Gasteiger partial charge in [-0.2, -0.15) is 0 Å². The molecule has 0 fully saturated rings. The lowest BCUT2D eigenvalue weighted by atomic mass is 9.78. The normalized spacial score (nSPS) is 13.8. The highest BCUT2D eigenvalue weighted by atomic mass is 35.5. The van der Waals surface area contributed by atoms with Crippen molar-refractivity contribution in [1.82, 2.24) is 0 Å². The van der Waals surface area contributed by atoms with Gasteiger partial charge in [0, 0.05) is 18.3 Å². The van der Waals surface area contributed by atoms with E-state index in [9.17, 15) is 13.2 Å². The second-order valence-corrected chi connectivity index (χ2v) is 13.6. The van der Waals surface area contributed by atoms with Crippen LogP contribution in [0.15, 0.2) is 36.4 Å². The van der Waals surface area contributed by atoms with Gasteiger partial charge >= 0.3 is 5.97 Å². The largest absolute Gasteiger partial charge is 0.493 e. The summed E-state index contributed by atoms with van der Waals surface area (Å²) in [6.07, 6.45) is -0.620. The van der Waals surface area contributed by atoms with Crippen molar-refractivity contribution in [2.45, 2.75) is 58.3 Å². The second-order valence-electron chi connectivity index (χ2n) is 9.91. The number of sulfone groups is 1. The van der Waals surface area contributed by atoms with E-state index in [2.05, 4.69) is 13.8 Å². The first-order valence-corrected chi connectivity index (χ1v) is 15.0. The van der Waals surface area contributed by atoms with Gasteiger partial charge in [-0.15, -0.1) is 11.6 Å². The number of hydrogen-bond donors (Lipinski definition) is 0. The molecule has 0 unspecified atom stereocenters. The van der Waals surface area contributed by atoms with Crippen LogP contribution in [0.3, 0.4) is 0 Å². The highest BCUT2D eigenvalue weighted by Gasteiger charge is 2.26. The van der Waals surface area contributed by atoms with Crippen molar-refractivity contribution >= 4 is 50.6 Å². The third-order valence-corrected chi connectivity index (χ3v) is 9.36. The van der Waals surface area contributed by atoms with E-state index in [1.54, 1.807) is 26.0 Å². The van der Waals surface area contributed by atoms with E-state index in [-0.39, 0.29) is 24.2 Å². The summed E-state index contributed by atoms with van der Waals surface area (Å²) in [5.41, 5.74) is 1.44. The maximum atomic E-state index is 12.1. The summed E-state index contributed by atoms with van der Waals surface area (Å²) < 4.78 is 40.9. The van der Waals surface area contributed by atoms with Gasteiger partial charge in [-0.3, -0.25) is 4.79 Å². The number of esters is 1. The molecule has 10 heteroatoms. The Labute approximate surface area is 235 Å². The van der Waals surface area contributed by atoms with Crippen molar-refractivity contribution in [1.29, 1.82) is 0 Å². The summed E-state index contributed by atoms with van der Waals surface area (Å²) >= 11 is 18.9. The second kappa shape index (κ2) is 13.4. The lowest BCUT2D eigenvalue weighted by molar-refractivity contribution is -0.146. The summed E-state index contributed by atoms with van der Waals surface area (Å²) in [5.74, 6) is 0.552. The van der Waals surface area contributed by atoms with Gasteiger partial charge < -0.3 is 14.2 Å². The third-order valence-electron chi connectivity index (χ3n) is 5.98. The predicted octanol–water partition coefficient (Wildman–Crippen LogP) is 6.71. The molecular weight excluding hydrogens is 559 g/mol. The van der Waals surface area contributed by atoms with Gasteiger partial charge in [0.05, 0.1) is 33.5 Å². The van der Waals surface area contributed by atoms with Crippen molar-refractivity contribution in [2.24, 2.45) is 5.92 Å². The van der Waals surface area contributed by atoms with Gasteiger partial charge in [-0.05, 0) is 49.2 Å². The molecular formula is C27H35Cl3O6S. The Morgan fingerprint density at radius 3 is 2.00 bits per heavy atom. The van der Waals surface area contributed by atoms with Crippen LogP contribution < -0.4 is 9.47 Å². The zero-order chi connectivity index (χ0) is 28.0.